The molecule has 0 aromatic heterocycles. The van der Waals surface area contributed by atoms with Gasteiger partial charge in [0.25, 0.3) is 0 Å². The zero-order chi connectivity index (χ0) is 17.7. The largest absolute Gasteiger partial charge is 0.251 e. The van der Waals surface area contributed by atoms with Gasteiger partial charge < -0.3 is 0 Å². The van der Waals surface area contributed by atoms with Crippen molar-refractivity contribution < 1.29 is 0 Å². The lowest BCUT2D eigenvalue weighted by Crippen LogP contribution is -2.11. The van der Waals surface area contributed by atoms with E-state index >= 15 is 0 Å². The molecule has 0 aliphatic carbocycles. The number of allylic oxidation sites excluding steroid dienone is 2. The molecule has 0 unspecified atom stereocenters. The van der Waals surface area contributed by atoms with E-state index in [-0.39, 0.29) is 0 Å². The normalized spacial score (nSPS) is 12.7. The minimum absolute atomic E-state index is 0.938. The first-order valence-corrected chi connectivity index (χ1v) is 9.26. The monoisotopic (exact) mass is 332 g/mol. The van der Waals surface area contributed by atoms with Crippen molar-refractivity contribution in [2.24, 2.45) is 9.98 Å². The number of benzene rings is 2. The third-order valence-corrected chi connectivity index (χ3v) is 3.82. The molecule has 0 amide bonds. The summed E-state index contributed by atoms with van der Waals surface area (Å²) in [6, 6.07) is 20.3. The van der Waals surface area contributed by atoms with E-state index in [0.29, 0.717) is 0 Å². The Hall–Kier alpha value is -2.48. The Labute approximate surface area is 152 Å². The minimum atomic E-state index is 0.938. The number of para-hydroxylation sites is 2. The van der Waals surface area contributed by atoms with Crippen LogP contribution in [0.25, 0.3) is 0 Å². The summed E-state index contributed by atoms with van der Waals surface area (Å²) in [5.74, 6) is 0. The molecule has 0 saturated carbocycles. The first-order valence-electron chi connectivity index (χ1n) is 9.26. The van der Waals surface area contributed by atoms with E-state index < -0.39 is 0 Å². The van der Waals surface area contributed by atoms with Gasteiger partial charge in [0.1, 0.15) is 0 Å². The van der Waals surface area contributed by atoms with Gasteiger partial charge in [-0.05, 0) is 49.6 Å². The highest BCUT2D eigenvalue weighted by Crippen LogP contribution is 2.17. The highest BCUT2D eigenvalue weighted by Gasteiger charge is 2.07. The van der Waals surface area contributed by atoms with Crippen molar-refractivity contribution in [2.45, 2.75) is 46.0 Å². The summed E-state index contributed by atoms with van der Waals surface area (Å²) in [5, 5.41) is 0. The zero-order valence-corrected chi connectivity index (χ0v) is 15.4. The van der Waals surface area contributed by atoms with Gasteiger partial charge in [-0.2, -0.15) is 0 Å². The Balaban J connectivity index is 2.41. The lowest BCUT2D eigenvalue weighted by atomic mass is 10.1. The summed E-state index contributed by atoms with van der Waals surface area (Å²) >= 11 is 0. The average molecular weight is 332 g/mol. The molecule has 0 bridgehead atoms. The second-order valence-electron chi connectivity index (χ2n) is 6.02. The molecule has 0 N–H and O–H groups in total. The third kappa shape index (κ3) is 6.88. The summed E-state index contributed by atoms with van der Waals surface area (Å²) in [7, 11) is 0. The Morgan fingerprint density at radius 3 is 1.96 bits per heavy atom. The predicted molar refractivity (Wildman–Crippen MR) is 111 cm³/mol. The molecular formula is C23H28N2. The molecule has 0 saturated heterocycles. The van der Waals surface area contributed by atoms with Gasteiger partial charge in [-0.25, -0.2) is 4.99 Å². The van der Waals surface area contributed by atoms with Gasteiger partial charge in [-0.3, -0.25) is 4.99 Å². The number of unbranched alkanes of at least 4 members (excludes halogenated alkanes) is 2. The Kier molecular flexibility index (Phi) is 8.40. The highest BCUT2D eigenvalue weighted by atomic mass is 14.8. The van der Waals surface area contributed by atoms with Gasteiger partial charge in [0, 0.05) is 0 Å². The summed E-state index contributed by atoms with van der Waals surface area (Å²) < 4.78 is 0. The molecule has 2 aromatic carbocycles. The number of hydrogen-bond acceptors (Lipinski definition) is 2. The lowest BCUT2D eigenvalue weighted by Gasteiger charge is -2.08. The van der Waals surface area contributed by atoms with Crippen LogP contribution in [0.3, 0.4) is 0 Å². The van der Waals surface area contributed by atoms with E-state index in [1.54, 1.807) is 0 Å². The fraction of sp³-hybridized carbons (Fsp3) is 0.304. The number of rotatable bonds is 9. The summed E-state index contributed by atoms with van der Waals surface area (Å²) in [6.07, 6.45) is 9.72. The molecule has 0 radical (unpaired) electrons. The van der Waals surface area contributed by atoms with Gasteiger partial charge in [0.15, 0.2) is 0 Å². The van der Waals surface area contributed by atoms with E-state index in [4.69, 9.17) is 9.98 Å². The van der Waals surface area contributed by atoms with E-state index in [9.17, 15) is 0 Å². The molecule has 2 nitrogen and oxygen atoms in total. The smallest absolute Gasteiger partial charge is 0.0848 e. The molecule has 0 atom stereocenters. The Morgan fingerprint density at radius 1 is 0.800 bits per heavy atom. The molecule has 2 aromatic rings. The van der Waals surface area contributed by atoms with Gasteiger partial charge in [0.2, 0.25) is 0 Å². The van der Waals surface area contributed by atoms with Crippen LogP contribution >= 0.6 is 0 Å². The molecule has 0 spiro atoms. The maximum absolute atomic E-state index is 4.91. The number of aliphatic imine (C=N–C) groups is 2. The third-order valence-electron chi connectivity index (χ3n) is 3.82. The fourth-order valence-electron chi connectivity index (χ4n) is 2.45. The molecular weight excluding hydrogens is 304 g/mol. The van der Waals surface area contributed by atoms with E-state index in [0.717, 1.165) is 54.9 Å². The average Bonchev–Trinajstić information content (AvgIpc) is 2.66. The van der Waals surface area contributed by atoms with Crippen molar-refractivity contribution in [3.63, 3.8) is 0 Å². The molecule has 0 fully saturated rings. The van der Waals surface area contributed by atoms with Crippen LogP contribution in [0, 0.1) is 0 Å². The number of nitrogens with zero attached hydrogens (tertiary/aromatic N) is 2. The van der Waals surface area contributed by atoms with Crippen LogP contribution in [0.15, 0.2) is 82.8 Å². The summed E-state index contributed by atoms with van der Waals surface area (Å²) in [6.45, 7) is 4.40. The Morgan fingerprint density at radius 2 is 1.40 bits per heavy atom. The predicted octanol–water partition coefficient (Wildman–Crippen LogP) is 7.08. The first kappa shape index (κ1) is 18.9. The van der Waals surface area contributed by atoms with Gasteiger partial charge in [-0.15, -0.1) is 0 Å². The van der Waals surface area contributed by atoms with Crippen LogP contribution in [0.5, 0.6) is 0 Å². The second kappa shape index (κ2) is 11.1. The van der Waals surface area contributed by atoms with Crippen LogP contribution < -0.4 is 0 Å². The van der Waals surface area contributed by atoms with Crippen molar-refractivity contribution in [2.75, 3.05) is 0 Å². The van der Waals surface area contributed by atoms with Crippen LogP contribution in [-0.4, -0.2) is 11.4 Å². The van der Waals surface area contributed by atoms with Crippen molar-refractivity contribution in [1.29, 1.82) is 0 Å². The number of hydrogen-bond donors (Lipinski definition) is 0. The molecule has 130 valence electrons. The van der Waals surface area contributed by atoms with Crippen LogP contribution in [0.1, 0.15) is 46.0 Å². The molecule has 2 heteroatoms. The second-order valence-corrected chi connectivity index (χ2v) is 6.02. The van der Waals surface area contributed by atoms with Gasteiger partial charge in [0.05, 0.1) is 22.8 Å². The van der Waals surface area contributed by atoms with Crippen molar-refractivity contribution in [3.8, 4) is 0 Å². The van der Waals surface area contributed by atoms with Crippen LogP contribution in [-0.2, 0) is 0 Å². The Bertz CT molecular complexity index is 697. The van der Waals surface area contributed by atoms with E-state index in [2.05, 4.69) is 26.0 Å². The molecule has 0 aliphatic rings. The quantitative estimate of drug-likeness (QED) is 0.438. The molecule has 2 rings (SSSR count). The van der Waals surface area contributed by atoms with Crippen molar-refractivity contribution in [3.05, 3.63) is 72.8 Å². The lowest BCUT2D eigenvalue weighted by molar-refractivity contribution is 0.838. The topological polar surface area (TPSA) is 24.7 Å². The standard InChI is InChI=1S/C23H28N2/c1-3-5-9-19-23(25-21-16-12-8-13-17-21)22(18-6-4-2)24-20-14-10-7-11-15-20/h7-17,19H,3-6,18H2,1-2H3/b19-9+,24-22?,25-23?. The van der Waals surface area contributed by atoms with Crippen molar-refractivity contribution in [1.82, 2.24) is 0 Å². The van der Waals surface area contributed by atoms with Gasteiger partial charge >= 0.3 is 0 Å². The minimum Gasteiger partial charge on any atom is -0.251 e. The zero-order valence-electron chi connectivity index (χ0n) is 15.4. The van der Waals surface area contributed by atoms with Crippen molar-refractivity contribution >= 4 is 22.8 Å². The molecule has 0 heterocycles. The maximum Gasteiger partial charge on any atom is 0.0848 e. The van der Waals surface area contributed by atoms with E-state index in [1.165, 1.54) is 0 Å². The molecule has 0 aliphatic heterocycles. The van der Waals surface area contributed by atoms with E-state index in [1.807, 2.05) is 60.7 Å². The SMILES string of the molecule is CCC/C=C/C(=Nc1ccccc1)C(CCCC)=Nc1ccccc1. The maximum atomic E-state index is 4.91. The first-order chi connectivity index (χ1) is 12.3. The fourth-order valence-corrected chi connectivity index (χ4v) is 2.45. The highest BCUT2D eigenvalue weighted by molar-refractivity contribution is 6.47. The molecule has 25 heavy (non-hydrogen) atoms. The summed E-state index contributed by atoms with van der Waals surface area (Å²) in [5.41, 5.74) is 3.98. The summed E-state index contributed by atoms with van der Waals surface area (Å²) in [4.78, 5) is 9.78. The van der Waals surface area contributed by atoms with Crippen LogP contribution in [0.4, 0.5) is 11.4 Å². The van der Waals surface area contributed by atoms with Crippen LogP contribution in [0.2, 0.25) is 0 Å². The van der Waals surface area contributed by atoms with Gasteiger partial charge in [-0.1, -0.05) is 69.2 Å².